The minimum atomic E-state index is 0.173. The molecule has 1 saturated carbocycles. The molecule has 4 atom stereocenters. The molecule has 0 spiro atoms. The molecule has 1 saturated heterocycles. The molecular weight excluding hydrogens is 212 g/mol. The number of carbonyl (C=O) groups is 1. The zero-order valence-electron chi connectivity index (χ0n) is 10.0. The number of rotatable bonds is 0. The average molecular weight is 230 g/mol. The highest BCUT2D eigenvalue weighted by atomic mass is 16.2. The van der Waals surface area contributed by atoms with Crippen LogP contribution in [0.3, 0.4) is 0 Å². The van der Waals surface area contributed by atoms with Crippen molar-refractivity contribution in [1.82, 2.24) is 4.90 Å². The minimum absolute atomic E-state index is 0.173. The monoisotopic (exact) mass is 230 g/mol. The van der Waals surface area contributed by atoms with E-state index in [2.05, 4.69) is 12.2 Å². The van der Waals surface area contributed by atoms with Crippen LogP contribution in [-0.2, 0) is 4.79 Å². The summed E-state index contributed by atoms with van der Waals surface area (Å²) in [6.07, 6.45) is 10.3. The molecule has 2 aliphatic carbocycles. The lowest BCUT2D eigenvalue weighted by molar-refractivity contribution is -0.133. The second kappa shape index (κ2) is 3.44. The third-order valence-corrected chi connectivity index (χ3v) is 4.86. The standard InChI is InChI=1S/C14H18N2O/c17-14-12-9-5-6-10(8-9)13(12)15-11-4-2-1-3-7-16(11)14/h5-6,9-10,12-13H,1-4,7-8H2/t9-,10+,12+,13-/m0/s1. The normalized spacial score (nSPS) is 43.2. The first-order valence-corrected chi connectivity index (χ1v) is 6.91. The molecule has 0 aromatic rings. The summed E-state index contributed by atoms with van der Waals surface area (Å²) in [4.78, 5) is 19.5. The van der Waals surface area contributed by atoms with Gasteiger partial charge in [-0.25, -0.2) is 0 Å². The third-order valence-electron chi connectivity index (χ3n) is 4.86. The zero-order chi connectivity index (χ0) is 11.4. The van der Waals surface area contributed by atoms with Gasteiger partial charge in [0.1, 0.15) is 5.84 Å². The first kappa shape index (κ1) is 9.86. The average Bonchev–Trinajstić information content (AvgIpc) is 2.84. The SMILES string of the molecule is O=C1[C@H]2[C@@H](N=C3CCCCCN13)[C@@H]1C=C[C@H]2C1. The predicted molar refractivity (Wildman–Crippen MR) is 65.6 cm³/mol. The Balaban J connectivity index is 1.74. The predicted octanol–water partition coefficient (Wildman–Crippen LogP) is 1.99. The minimum Gasteiger partial charge on any atom is -0.300 e. The Morgan fingerprint density at radius 2 is 2.06 bits per heavy atom. The molecule has 1 amide bonds. The van der Waals surface area contributed by atoms with Crippen molar-refractivity contribution in [3.8, 4) is 0 Å². The zero-order valence-corrected chi connectivity index (χ0v) is 10.0. The maximum absolute atomic E-state index is 12.6. The van der Waals surface area contributed by atoms with E-state index in [1.807, 2.05) is 4.90 Å². The van der Waals surface area contributed by atoms with Crippen LogP contribution in [0, 0.1) is 17.8 Å². The molecule has 4 aliphatic rings. The molecule has 17 heavy (non-hydrogen) atoms. The van der Waals surface area contributed by atoms with Gasteiger partial charge in [0.2, 0.25) is 5.91 Å². The van der Waals surface area contributed by atoms with E-state index >= 15 is 0 Å². The third kappa shape index (κ3) is 1.28. The largest absolute Gasteiger partial charge is 0.300 e. The Morgan fingerprint density at radius 1 is 1.18 bits per heavy atom. The lowest BCUT2D eigenvalue weighted by Crippen LogP contribution is -2.50. The molecule has 2 bridgehead atoms. The first-order chi connectivity index (χ1) is 8.34. The summed E-state index contributed by atoms with van der Waals surface area (Å²) in [5, 5.41) is 0. The van der Waals surface area contributed by atoms with Crippen molar-refractivity contribution >= 4 is 11.7 Å². The number of hydrogen-bond acceptors (Lipinski definition) is 2. The van der Waals surface area contributed by atoms with Crippen molar-refractivity contribution in [3.05, 3.63) is 12.2 Å². The molecule has 3 nitrogen and oxygen atoms in total. The van der Waals surface area contributed by atoms with Gasteiger partial charge in [0.25, 0.3) is 0 Å². The van der Waals surface area contributed by atoms with E-state index in [-0.39, 0.29) is 12.0 Å². The molecule has 0 unspecified atom stereocenters. The molecule has 0 N–H and O–H groups in total. The van der Waals surface area contributed by atoms with Crippen LogP contribution in [0.15, 0.2) is 17.1 Å². The maximum atomic E-state index is 12.6. The van der Waals surface area contributed by atoms with Gasteiger partial charge in [-0.05, 0) is 25.2 Å². The molecule has 90 valence electrons. The summed E-state index contributed by atoms with van der Waals surface area (Å²) < 4.78 is 0. The number of carbonyl (C=O) groups excluding carboxylic acids is 1. The van der Waals surface area contributed by atoms with E-state index in [0.29, 0.717) is 17.7 Å². The highest BCUT2D eigenvalue weighted by molar-refractivity contribution is 6.02. The summed E-state index contributed by atoms with van der Waals surface area (Å²) in [6.45, 7) is 0.905. The summed E-state index contributed by atoms with van der Waals surface area (Å²) in [6, 6.07) is 0.279. The van der Waals surface area contributed by atoms with Crippen LogP contribution in [0.4, 0.5) is 0 Å². The summed E-state index contributed by atoms with van der Waals surface area (Å²) in [5.74, 6) is 2.67. The Labute approximate surface area is 102 Å². The molecule has 3 heteroatoms. The van der Waals surface area contributed by atoms with E-state index in [0.717, 1.165) is 31.6 Å². The number of allylic oxidation sites excluding steroid dienone is 1. The van der Waals surface area contributed by atoms with E-state index in [1.165, 1.54) is 12.8 Å². The topological polar surface area (TPSA) is 32.7 Å². The van der Waals surface area contributed by atoms with Crippen LogP contribution in [0.2, 0.25) is 0 Å². The van der Waals surface area contributed by atoms with Crippen LogP contribution in [0.25, 0.3) is 0 Å². The summed E-state index contributed by atoms with van der Waals surface area (Å²) in [7, 11) is 0. The van der Waals surface area contributed by atoms with Crippen LogP contribution >= 0.6 is 0 Å². The highest BCUT2D eigenvalue weighted by Gasteiger charge is 2.52. The van der Waals surface area contributed by atoms with E-state index in [4.69, 9.17) is 4.99 Å². The van der Waals surface area contributed by atoms with Crippen molar-refractivity contribution in [3.63, 3.8) is 0 Å². The smallest absolute Gasteiger partial charge is 0.233 e. The molecule has 0 aromatic carbocycles. The van der Waals surface area contributed by atoms with Crippen LogP contribution in [0.1, 0.15) is 32.1 Å². The number of fused-ring (bicyclic) bond motifs is 6. The van der Waals surface area contributed by atoms with Crippen molar-refractivity contribution in [2.75, 3.05) is 6.54 Å². The molecule has 2 heterocycles. The summed E-state index contributed by atoms with van der Waals surface area (Å²) in [5.41, 5.74) is 0. The van der Waals surface area contributed by atoms with Crippen molar-refractivity contribution < 1.29 is 4.79 Å². The van der Waals surface area contributed by atoms with Gasteiger partial charge in [0.05, 0.1) is 12.0 Å². The molecule has 2 aliphatic heterocycles. The van der Waals surface area contributed by atoms with Gasteiger partial charge in [-0.3, -0.25) is 9.79 Å². The number of hydrogen-bond donors (Lipinski definition) is 0. The quantitative estimate of drug-likeness (QED) is 0.586. The molecule has 0 aromatic heterocycles. The fourth-order valence-corrected chi connectivity index (χ4v) is 4.02. The van der Waals surface area contributed by atoms with Gasteiger partial charge in [-0.1, -0.05) is 18.6 Å². The van der Waals surface area contributed by atoms with E-state index < -0.39 is 0 Å². The maximum Gasteiger partial charge on any atom is 0.233 e. The number of amidine groups is 1. The number of aliphatic imine (C=N–C) groups is 1. The van der Waals surface area contributed by atoms with Crippen LogP contribution in [-0.4, -0.2) is 29.2 Å². The van der Waals surface area contributed by atoms with E-state index in [1.54, 1.807) is 0 Å². The number of amides is 1. The molecular formula is C14H18N2O. The number of nitrogens with zero attached hydrogens (tertiary/aromatic N) is 2. The molecule has 0 radical (unpaired) electrons. The van der Waals surface area contributed by atoms with Gasteiger partial charge in [-0.2, -0.15) is 0 Å². The lowest BCUT2D eigenvalue weighted by atomic mass is 9.86. The van der Waals surface area contributed by atoms with Crippen LogP contribution < -0.4 is 0 Å². The Bertz CT molecular complexity index is 426. The van der Waals surface area contributed by atoms with Gasteiger partial charge >= 0.3 is 0 Å². The van der Waals surface area contributed by atoms with Crippen molar-refractivity contribution in [2.45, 2.75) is 38.1 Å². The molecule has 4 rings (SSSR count). The lowest BCUT2D eigenvalue weighted by Gasteiger charge is -2.36. The Kier molecular flexibility index (Phi) is 1.99. The second-order valence-electron chi connectivity index (χ2n) is 5.81. The Hall–Kier alpha value is -1.12. The van der Waals surface area contributed by atoms with E-state index in [9.17, 15) is 4.79 Å². The summed E-state index contributed by atoms with van der Waals surface area (Å²) >= 11 is 0. The van der Waals surface area contributed by atoms with Crippen LogP contribution in [0.5, 0.6) is 0 Å². The fraction of sp³-hybridized carbons (Fsp3) is 0.714. The first-order valence-electron chi connectivity index (χ1n) is 6.91. The molecule has 2 fully saturated rings. The second-order valence-corrected chi connectivity index (χ2v) is 5.81. The van der Waals surface area contributed by atoms with Gasteiger partial charge in [0, 0.05) is 18.9 Å². The van der Waals surface area contributed by atoms with Crippen molar-refractivity contribution in [2.24, 2.45) is 22.7 Å². The van der Waals surface area contributed by atoms with Gasteiger partial charge in [0.15, 0.2) is 0 Å². The van der Waals surface area contributed by atoms with Gasteiger partial charge in [-0.15, -0.1) is 0 Å². The fourth-order valence-electron chi connectivity index (χ4n) is 4.02. The Morgan fingerprint density at radius 3 is 3.00 bits per heavy atom. The van der Waals surface area contributed by atoms with Crippen molar-refractivity contribution in [1.29, 1.82) is 0 Å². The highest BCUT2D eigenvalue weighted by Crippen LogP contribution is 2.48. The van der Waals surface area contributed by atoms with Gasteiger partial charge < -0.3 is 4.90 Å².